The third-order valence-corrected chi connectivity index (χ3v) is 4.68. The van der Waals surface area contributed by atoms with E-state index in [9.17, 15) is 5.11 Å². The van der Waals surface area contributed by atoms with Crippen LogP contribution in [-0.4, -0.2) is 35.0 Å². The molecule has 1 fully saturated rings. The summed E-state index contributed by atoms with van der Waals surface area (Å²) in [5.41, 5.74) is 6.58. The van der Waals surface area contributed by atoms with Gasteiger partial charge >= 0.3 is 0 Å². The SMILES string of the molecule is Cc1cc(N2CCC(O)(c3ccc4c(c3)OCO4)CC2)nc(N)n1. The smallest absolute Gasteiger partial charge is 0.231 e. The summed E-state index contributed by atoms with van der Waals surface area (Å²) >= 11 is 0. The minimum absolute atomic E-state index is 0.236. The maximum absolute atomic E-state index is 11.1. The molecule has 0 bridgehead atoms. The lowest BCUT2D eigenvalue weighted by atomic mass is 9.84. The van der Waals surface area contributed by atoms with E-state index in [2.05, 4.69) is 14.9 Å². The Labute approximate surface area is 140 Å². The zero-order chi connectivity index (χ0) is 16.7. The molecule has 0 saturated carbocycles. The van der Waals surface area contributed by atoms with Crippen LogP contribution in [0.2, 0.25) is 0 Å². The van der Waals surface area contributed by atoms with Crippen molar-refractivity contribution in [3.63, 3.8) is 0 Å². The Hall–Kier alpha value is -2.54. The van der Waals surface area contributed by atoms with Gasteiger partial charge in [0.05, 0.1) is 5.60 Å². The van der Waals surface area contributed by atoms with Crippen LogP contribution in [0.5, 0.6) is 11.5 Å². The third kappa shape index (κ3) is 2.60. The maximum Gasteiger partial charge on any atom is 0.231 e. The summed E-state index contributed by atoms with van der Waals surface area (Å²) in [5, 5.41) is 11.1. The van der Waals surface area contributed by atoms with Gasteiger partial charge in [0, 0.05) is 24.8 Å². The van der Waals surface area contributed by atoms with Crippen LogP contribution in [0.15, 0.2) is 24.3 Å². The van der Waals surface area contributed by atoms with E-state index in [1.807, 2.05) is 31.2 Å². The highest BCUT2D eigenvalue weighted by molar-refractivity contribution is 5.47. The lowest BCUT2D eigenvalue weighted by Crippen LogP contribution is -2.43. The van der Waals surface area contributed by atoms with Crippen LogP contribution in [0.4, 0.5) is 11.8 Å². The average Bonchev–Trinajstić information content (AvgIpc) is 3.02. The zero-order valence-corrected chi connectivity index (χ0v) is 13.5. The Bertz CT molecular complexity index is 752. The van der Waals surface area contributed by atoms with Gasteiger partial charge in [-0.15, -0.1) is 0 Å². The van der Waals surface area contributed by atoms with Crippen LogP contribution in [0.3, 0.4) is 0 Å². The number of hydrogen-bond acceptors (Lipinski definition) is 7. The van der Waals surface area contributed by atoms with Gasteiger partial charge in [-0.05, 0) is 37.5 Å². The molecule has 126 valence electrons. The number of aliphatic hydroxyl groups is 1. The van der Waals surface area contributed by atoms with Crippen molar-refractivity contribution in [2.45, 2.75) is 25.4 Å². The Morgan fingerprint density at radius 3 is 2.62 bits per heavy atom. The monoisotopic (exact) mass is 328 g/mol. The highest BCUT2D eigenvalue weighted by atomic mass is 16.7. The van der Waals surface area contributed by atoms with E-state index in [-0.39, 0.29) is 12.7 Å². The van der Waals surface area contributed by atoms with Crippen LogP contribution in [0.25, 0.3) is 0 Å². The number of nitrogen functional groups attached to an aromatic ring is 1. The second-order valence-electron chi connectivity index (χ2n) is 6.31. The molecule has 0 unspecified atom stereocenters. The highest BCUT2D eigenvalue weighted by Crippen LogP contribution is 2.40. The van der Waals surface area contributed by atoms with Crippen LogP contribution in [0.1, 0.15) is 24.1 Å². The highest BCUT2D eigenvalue weighted by Gasteiger charge is 2.35. The van der Waals surface area contributed by atoms with Crippen molar-refractivity contribution >= 4 is 11.8 Å². The minimum atomic E-state index is -0.870. The fraction of sp³-hybridized carbons (Fsp3) is 0.412. The van der Waals surface area contributed by atoms with E-state index in [4.69, 9.17) is 15.2 Å². The summed E-state index contributed by atoms with van der Waals surface area (Å²) in [6, 6.07) is 7.57. The van der Waals surface area contributed by atoms with Gasteiger partial charge in [0.2, 0.25) is 12.7 Å². The van der Waals surface area contributed by atoms with Gasteiger partial charge in [0.15, 0.2) is 11.5 Å². The van der Waals surface area contributed by atoms with Gasteiger partial charge in [-0.2, -0.15) is 4.98 Å². The summed E-state index contributed by atoms with van der Waals surface area (Å²) in [7, 11) is 0. The molecule has 0 aliphatic carbocycles. The first kappa shape index (κ1) is 15.0. The van der Waals surface area contributed by atoms with E-state index in [1.54, 1.807) is 0 Å². The van der Waals surface area contributed by atoms with E-state index >= 15 is 0 Å². The van der Waals surface area contributed by atoms with Crippen LogP contribution in [0, 0.1) is 6.92 Å². The summed E-state index contributed by atoms with van der Waals surface area (Å²) in [5.74, 6) is 2.52. The molecule has 1 aromatic heterocycles. The van der Waals surface area contributed by atoms with E-state index in [0.29, 0.717) is 31.7 Å². The molecule has 0 spiro atoms. The molecular formula is C17H20N4O3. The number of anilines is 2. The Balaban J connectivity index is 1.52. The molecule has 7 heteroatoms. The first-order valence-electron chi connectivity index (χ1n) is 8.02. The number of ether oxygens (including phenoxy) is 2. The molecule has 0 amide bonds. The maximum atomic E-state index is 11.1. The number of benzene rings is 1. The molecule has 24 heavy (non-hydrogen) atoms. The molecule has 0 atom stereocenters. The molecule has 2 aliphatic heterocycles. The fourth-order valence-electron chi connectivity index (χ4n) is 3.32. The number of nitrogens with two attached hydrogens (primary N) is 1. The van der Waals surface area contributed by atoms with Crippen molar-refractivity contribution < 1.29 is 14.6 Å². The first-order valence-corrected chi connectivity index (χ1v) is 8.02. The standard InChI is InChI=1S/C17H20N4O3/c1-11-8-15(20-16(18)19-11)21-6-4-17(22,5-7-21)12-2-3-13-14(9-12)24-10-23-13/h2-3,8-9,22H,4-7,10H2,1H3,(H2,18,19,20). The molecule has 4 rings (SSSR count). The molecule has 2 aliphatic rings. The lowest BCUT2D eigenvalue weighted by molar-refractivity contribution is 0.0115. The first-order chi connectivity index (χ1) is 11.5. The number of fused-ring (bicyclic) bond motifs is 1. The number of piperidine rings is 1. The van der Waals surface area contributed by atoms with Gasteiger partial charge in [0.25, 0.3) is 0 Å². The minimum Gasteiger partial charge on any atom is -0.454 e. The van der Waals surface area contributed by atoms with Gasteiger partial charge < -0.3 is 25.2 Å². The van der Waals surface area contributed by atoms with Crippen molar-refractivity contribution in [3.8, 4) is 11.5 Å². The fourth-order valence-corrected chi connectivity index (χ4v) is 3.32. The Morgan fingerprint density at radius 1 is 1.12 bits per heavy atom. The van der Waals surface area contributed by atoms with Gasteiger partial charge in [-0.3, -0.25) is 0 Å². The second-order valence-corrected chi connectivity index (χ2v) is 6.31. The quantitative estimate of drug-likeness (QED) is 0.864. The average molecular weight is 328 g/mol. The van der Waals surface area contributed by atoms with E-state index in [1.165, 1.54) is 0 Å². The van der Waals surface area contributed by atoms with E-state index < -0.39 is 5.60 Å². The normalized spacial score (nSPS) is 18.7. The summed E-state index contributed by atoms with van der Waals surface area (Å²) in [6.07, 6.45) is 1.21. The van der Waals surface area contributed by atoms with Crippen LogP contribution < -0.4 is 20.1 Å². The second kappa shape index (κ2) is 5.52. The number of nitrogens with zero attached hydrogens (tertiary/aromatic N) is 3. The Kier molecular flexibility index (Phi) is 3.45. The predicted octanol–water partition coefficient (Wildman–Crippen LogP) is 1.58. The summed E-state index contributed by atoms with van der Waals surface area (Å²) < 4.78 is 10.7. The van der Waals surface area contributed by atoms with Gasteiger partial charge in [0.1, 0.15) is 5.82 Å². The lowest BCUT2D eigenvalue weighted by Gasteiger charge is -2.39. The molecule has 3 N–H and O–H groups in total. The zero-order valence-electron chi connectivity index (χ0n) is 13.5. The molecule has 7 nitrogen and oxygen atoms in total. The largest absolute Gasteiger partial charge is 0.454 e. The van der Waals surface area contributed by atoms with Crippen molar-refractivity contribution in [1.29, 1.82) is 0 Å². The summed E-state index contributed by atoms with van der Waals surface area (Å²) in [4.78, 5) is 10.5. The van der Waals surface area contributed by atoms with Crippen molar-refractivity contribution in [2.75, 3.05) is 30.5 Å². The van der Waals surface area contributed by atoms with Crippen LogP contribution in [-0.2, 0) is 5.60 Å². The molecule has 1 aromatic carbocycles. The van der Waals surface area contributed by atoms with E-state index in [0.717, 1.165) is 22.8 Å². The molecule has 2 aromatic rings. The van der Waals surface area contributed by atoms with Gasteiger partial charge in [-0.25, -0.2) is 4.98 Å². The van der Waals surface area contributed by atoms with Gasteiger partial charge in [-0.1, -0.05) is 6.07 Å². The molecule has 3 heterocycles. The number of rotatable bonds is 2. The third-order valence-electron chi connectivity index (χ3n) is 4.68. The van der Waals surface area contributed by atoms with Crippen molar-refractivity contribution in [1.82, 2.24) is 9.97 Å². The summed E-state index contributed by atoms with van der Waals surface area (Å²) in [6.45, 7) is 3.52. The number of aryl methyl sites for hydroxylation is 1. The van der Waals surface area contributed by atoms with Crippen LogP contribution >= 0.6 is 0 Å². The van der Waals surface area contributed by atoms with Crippen molar-refractivity contribution in [3.05, 3.63) is 35.5 Å². The molecular weight excluding hydrogens is 308 g/mol. The van der Waals surface area contributed by atoms with Crippen molar-refractivity contribution in [2.24, 2.45) is 0 Å². The number of hydrogen-bond donors (Lipinski definition) is 2. The molecule has 0 radical (unpaired) electrons. The number of aromatic nitrogens is 2. The predicted molar refractivity (Wildman–Crippen MR) is 89.1 cm³/mol. The Morgan fingerprint density at radius 2 is 1.88 bits per heavy atom. The molecule has 1 saturated heterocycles. The topological polar surface area (TPSA) is 93.7 Å².